The van der Waals surface area contributed by atoms with Crippen molar-refractivity contribution in [1.29, 1.82) is 0 Å². The van der Waals surface area contributed by atoms with Gasteiger partial charge in [-0.05, 0) is 36.4 Å². The minimum atomic E-state index is -0.0982. The number of halogens is 1. The molecule has 114 valence electrons. The molecule has 5 heteroatoms. The van der Waals surface area contributed by atoms with Crippen LogP contribution in [-0.2, 0) is 0 Å². The molecule has 0 aliphatic heterocycles. The van der Waals surface area contributed by atoms with Gasteiger partial charge in [-0.2, -0.15) is 0 Å². The van der Waals surface area contributed by atoms with E-state index in [1.807, 2.05) is 37.4 Å². The van der Waals surface area contributed by atoms with Crippen LogP contribution in [0.5, 0.6) is 0 Å². The van der Waals surface area contributed by atoms with Crippen LogP contribution in [0.2, 0.25) is 0 Å². The van der Waals surface area contributed by atoms with Gasteiger partial charge in [0.05, 0.1) is 5.39 Å². The molecule has 4 nitrogen and oxygen atoms in total. The fourth-order valence-electron chi connectivity index (χ4n) is 2.56. The zero-order chi connectivity index (χ0) is 16.0. The summed E-state index contributed by atoms with van der Waals surface area (Å²) in [6, 6.07) is 14.5. The Bertz CT molecular complexity index is 1090. The molecule has 0 aliphatic carbocycles. The molecule has 0 fully saturated rings. The molecule has 0 saturated heterocycles. The van der Waals surface area contributed by atoms with Gasteiger partial charge in [-0.15, -0.1) is 0 Å². The van der Waals surface area contributed by atoms with Crippen LogP contribution in [-0.4, -0.2) is 7.05 Å². The highest BCUT2D eigenvalue weighted by Gasteiger charge is 2.12. The quantitative estimate of drug-likeness (QED) is 0.539. The van der Waals surface area contributed by atoms with Gasteiger partial charge in [-0.3, -0.25) is 4.79 Å². The number of hydrogen-bond acceptors (Lipinski definition) is 4. The number of furan rings is 1. The number of benzene rings is 2. The Hall–Kier alpha value is -2.53. The second kappa shape index (κ2) is 5.28. The molecule has 2 aromatic carbocycles. The van der Waals surface area contributed by atoms with Crippen LogP contribution in [0.3, 0.4) is 0 Å². The summed E-state index contributed by atoms with van der Waals surface area (Å²) < 4.78 is 12.5. The van der Waals surface area contributed by atoms with Gasteiger partial charge in [0, 0.05) is 34.7 Å². The molecule has 1 N–H and O–H groups in total. The first-order valence-electron chi connectivity index (χ1n) is 7.09. The smallest absolute Gasteiger partial charge is 0.193 e. The minimum Gasteiger partial charge on any atom is -0.453 e. The first-order chi connectivity index (χ1) is 11.1. The van der Waals surface area contributed by atoms with Crippen LogP contribution in [0.15, 0.2) is 66.6 Å². The van der Waals surface area contributed by atoms with Crippen molar-refractivity contribution in [2.75, 3.05) is 12.4 Å². The van der Waals surface area contributed by atoms with E-state index < -0.39 is 0 Å². The van der Waals surface area contributed by atoms with Gasteiger partial charge < -0.3 is 14.2 Å². The third-order valence-corrected chi connectivity index (χ3v) is 4.23. The Morgan fingerprint density at radius 3 is 2.52 bits per heavy atom. The van der Waals surface area contributed by atoms with Gasteiger partial charge in [0.25, 0.3) is 0 Å². The van der Waals surface area contributed by atoms with Crippen molar-refractivity contribution in [3.63, 3.8) is 0 Å². The summed E-state index contributed by atoms with van der Waals surface area (Å²) in [7, 11) is 1.85. The average molecular weight is 370 g/mol. The van der Waals surface area contributed by atoms with Gasteiger partial charge >= 0.3 is 0 Å². The molecule has 0 unspecified atom stereocenters. The normalized spacial score (nSPS) is 11.2. The van der Waals surface area contributed by atoms with E-state index in [1.165, 1.54) is 6.07 Å². The molecule has 0 atom stereocenters. The summed E-state index contributed by atoms with van der Waals surface area (Å²) in [5.41, 5.74) is 2.14. The maximum Gasteiger partial charge on any atom is 0.193 e. The number of fused-ring (bicyclic) bond motifs is 2. The molecule has 4 rings (SSSR count). The largest absolute Gasteiger partial charge is 0.453 e. The summed E-state index contributed by atoms with van der Waals surface area (Å²) in [4.78, 5) is 12.3. The zero-order valence-corrected chi connectivity index (χ0v) is 13.8. The SMILES string of the molecule is CNc1ccc2cc(-c3cc(=O)c4cc(Br)ccc4o3)oc2c1. The number of hydrogen-bond donors (Lipinski definition) is 1. The molecular formula is C18H12BrNO3. The van der Waals surface area contributed by atoms with Crippen LogP contribution in [0.1, 0.15) is 0 Å². The summed E-state index contributed by atoms with van der Waals surface area (Å²) in [6.07, 6.45) is 0. The van der Waals surface area contributed by atoms with Crippen molar-refractivity contribution in [2.45, 2.75) is 0 Å². The Morgan fingerprint density at radius 2 is 1.70 bits per heavy atom. The summed E-state index contributed by atoms with van der Waals surface area (Å²) in [5, 5.41) is 4.56. The van der Waals surface area contributed by atoms with E-state index in [4.69, 9.17) is 8.83 Å². The van der Waals surface area contributed by atoms with Gasteiger partial charge in [0.15, 0.2) is 16.9 Å². The third kappa shape index (κ3) is 2.43. The maximum absolute atomic E-state index is 12.3. The lowest BCUT2D eigenvalue weighted by molar-refractivity contribution is 0.562. The van der Waals surface area contributed by atoms with Crippen molar-refractivity contribution in [1.82, 2.24) is 0 Å². The summed E-state index contributed by atoms with van der Waals surface area (Å²) in [6.45, 7) is 0. The predicted octanol–water partition coefficient (Wildman–Crippen LogP) is 5.01. The minimum absolute atomic E-state index is 0.0982. The highest BCUT2D eigenvalue weighted by Crippen LogP contribution is 2.30. The molecule has 0 saturated carbocycles. The molecule has 23 heavy (non-hydrogen) atoms. The topological polar surface area (TPSA) is 55.4 Å². The number of nitrogens with one attached hydrogen (secondary N) is 1. The lowest BCUT2D eigenvalue weighted by Crippen LogP contribution is -1.99. The Balaban J connectivity index is 1.91. The fraction of sp³-hybridized carbons (Fsp3) is 0.0556. The fourth-order valence-corrected chi connectivity index (χ4v) is 2.92. The van der Waals surface area contributed by atoms with Crippen LogP contribution < -0.4 is 10.7 Å². The first-order valence-corrected chi connectivity index (χ1v) is 7.88. The Labute approximate surface area is 139 Å². The average Bonchev–Trinajstić information content (AvgIpc) is 2.98. The maximum atomic E-state index is 12.3. The van der Waals surface area contributed by atoms with Crippen molar-refractivity contribution in [3.05, 3.63) is 63.2 Å². The van der Waals surface area contributed by atoms with Crippen LogP contribution in [0, 0.1) is 0 Å². The molecular weight excluding hydrogens is 358 g/mol. The monoisotopic (exact) mass is 369 g/mol. The van der Waals surface area contributed by atoms with Gasteiger partial charge in [-0.25, -0.2) is 0 Å². The molecule has 2 aromatic heterocycles. The predicted molar refractivity (Wildman–Crippen MR) is 94.9 cm³/mol. The summed E-state index contributed by atoms with van der Waals surface area (Å²) >= 11 is 3.36. The summed E-state index contributed by atoms with van der Waals surface area (Å²) in [5.74, 6) is 0.960. The van der Waals surface area contributed by atoms with E-state index in [2.05, 4.69) is 21.2 Å². The molecule has 4 aromatic rings. The standard InChI is InChI=1S/C18H12BrNO3/c1-20-12-4-2-10-6-17(23-16(10)8-12)18-9-14(21)13-7-11(19)3-5-15(13)22-18/h2-9,20H,1H3. The van der Waals surface area contributed by atoms with E-state index in [0.29, 0.717) is 22.5 Å². The van der Waals surface area contributed by atoms with Crippen molar-refractivity contribution >= 4 is 43.6 Å². The van der Waals surface area contributed by atoms with E-state index in [9.17, 15) is 4.79 Å². The van der Waals surface area contributed by atoms with Crippen LogP contribution in [0.25, 0.3) is 33.5 Å². The highest BCUT2D eigenvalue weighted by molar-refractivity contribution is 9.10. The van der Waals surface area contributed by atoms with Crippen LogP contribution >= 0.6 is 15.9 Å². The highest BCUT2D eigenvalue weighted by atomic mass is 79.9. The van der Waals surface area contributed by atoms with Crippen LogP contribution in [0.4, 0.5) is 5.69 Å². The van der Waals surface area contributed by atoms with Crippen molar-refractivity contribution < 1.29 is 8.83 Å². The van der Waals surface area contributed by atoms with Gasteiger partial charge in [-0.1, -0.05) is 15.9 Å². The van der Waals surface area contributed by atoms with E-state index >= 15 is 0 Å². The van der Waals surface area contributed by atoms with E-state index in [0.717, 1.165) is 21.1 Å². The van der Waals surface area contributed by atoms with Gasteiger partial charge in [0.1, 0.15) is 11.2 Å². The zero-order valence-electron chi connectivity index (χ0n) is 12.2. The molecule has 0 bridgehead atoms. The van der Waals surface area contributed by atoms with Crippen molar-refractivity contribution in [2.24, 2.45) is 0 Å². The molecule has 0 aliphatic rings. The second-order valence-electron chi connectivity index (χ2n) is 5.23. The number of anilines is 1. The Morgan fingerprint density at radius 1 is 0.913 bits per heavy atom. The first kappa shape index (κ1) is 14.1. The molecule has 2 heterocycles. The second-order valence-corrected chi connectivity index (χ2v) is 6.14. The molecule has 0 spiro atoms. The lowest BCUT2D eigenvalue weighted by Gasteiger charge is -2.00. The van der Waals surface area contributed by atoms with E-state index in [-0.39, 0.29) is 5.43 Å². The lowest BCUT2D eigenvalue weighted by atomic mass is 10.2. The third-order valence-electron chi connectivity index (χ3n) is 3.74. The van der Waals surface area contributed by atoms with Crippen molar-refractivity contribution in [3.8, 4) is 11.5 Å². The van der Waals surface area contributed by atoms with Gasteiger partial charge in [0.2, 0.25) is 0 Å². The molecule has 0 amide bonds. The van der Waals surface area contributed by atoms with E-state index in [1.54, 1.807) is 12.1 Å². The molecule has 0 radical (unpaired) electrons. The Kier molecular flexibility index (Phi) is 3.23. The number of rotatable bonds is 2.